The van der Waals surface area contributed by atoms with Crippen molar-refractivity contribution in [1.82, 2.24) is 10.1 Å². The minimum Gasteiger partial charge on any atom is -0.375 e. The zero-order chi connectivity index (χ0) is 16.3. The molecule has 2 saturated heterocycles. The van der Waals surface area contributed by atoms with Crippen molar-refractivity contribution in [3.05, 3.63) is 0 Å². The molecule has 0 spiro atoms. The summed E-state index contributed by atoms with van der Waals surface area (Å²) >= 11 is 0. The summed E-state index contributed by atoms with van der Waals surface area (Å²) in [6.45, 7) is 7.79. The van der Waals surface area contributed by atoms with Crippen LogP contribution in [0.4, 0.5) is 0 Å². The van der Waals surface area contributed by atoms with Crippen molar-refractivity contribution < 1.29 is 19.9 Å². The van der Waals surface area contributed by atoms with Crippen LogP contribution in [0.3, 0.4) is 0 Å². The van der Waals surface area contributed by atoms with Crippen LogP contribution in [0.25, 0.3) is 0 Å². The minimum atomic E-state index is -1.28. The molecule has 2 N–H and O–H groups in total. The predicted molar refractivity (Wildman–Crippen MR) is 80.8 cm³/mol. The molecule has 0 aromatic carbocycles. The summed E-state index contributed by atoms with van der Waals surface area (Å²) in [4.78, 5) is 6.07. The zero-order valence-corrected chi connectivity index (χ0v) is 14.4. The van der Waals surface area contributed by atoms with Crippen molar-refractivity contribution in [2.24, 2.45) is 5.92 Å². The van der Waals surface area contributed by atoms with E-state index in [1.54, 1.807) is 7.11 Å². The van der Waals surface area contributed by atoms with Gasteiger partial charge in [0.2, 0.25) is 0 Å². The van der Waals surface area contributed by atoms with E-state index in [1.165, 1.54) is 5.06 Å². The van der Waals surface area contributed by atoms with Gasteiger partial charge in [-0.3, -0.25) is 4.84 Å². The van der Waals surface area contributed by atoms with Crippen LogP contribution in [0, 0.1) is 5.92 Å². The van der Waals surface area contributed by atoms with Crippen molar-refractivity contribution in [2.45, 2.75) is 88.9 Å². The Labute approximate surface area is 132 Å². The molecule has 0 bridgehead atoms. The average Bonchev–Trinajstić information content (AvgIpc) is 2.93. The smallest absolute Gasteiger partial charge is 0.191 e. The third-order valence-corrected chi connectivity index (χ3v) is 6.19. The Hall–Kier alpha value is -0.240. The van der Waals surface area contributed by atoms with Crippen LogP contribution >= 0.6 is 0 Å². The summed E-state index contributed by atoms with van der Waals surface area (Å²) in [6, 6.07) is 0.140. The van der Waals surface area contributed by atoms with Crippen molar-refractivity contribution in [3.63, 3.8) is 0 Å². The Bertz CT molecular complexity index is 444. The molecule has 1 aliphatic carbocycles. The minimum absolute atomic E-state index is 0.0416. The second-order valence-electron chi connectivity index (χ2n) is 7.89. The van der Waals surface area contributed by atoms with Crippen LogP contribution in [-0.2, 0) is 9.57 Å². The number of ether oxygens (including phenoxy) is 1. The van der Waals surface area contributed by atoms with Gasteiger partial charge in [-0.2, -0.15) is 10.1 Å². The predicted octanol–water partition coefficient (Wildman–Crippen LogP) is 2.11. The van der Waals surface area contributed by atoms with Crippen molar-refractivity contribution in [2.75, 3.05) is 7.11 Å². The quantitative estimate of drug-likeness (QED) is 0.832. The molecular weight excluding hydrogens is 284 g/mol. The number of nitrogens with zero attached hydrogens (tertiary/aromatic N) is 2. The van der Waals surface area contributed by atoms with Gasteiger partial charge in [0.05, 0.1) is 17.7 Å². The van der Waals surface area contributed by atoms with Gasteiger partial charge in [0, 0.05) is 19.4 Å². The second kappa shape index (κ2) is 5.13. The van der Waals surface area contributed by atoms with E-state index >= 15 is 0 Å². The van der Waals surface area contributed by atoms with Crippen LogP contribution in [-0.4, -0.2) is 56.7 Å². The SMILES string of the molecule is COC(C)(C)[C@@]12C[C@@](O)(C(C)C)ON1[C@H]1CCCC[C@H]1N2O. The second-order valence-corrected chi connectivity index (χ2v) is 7.89. The summed E-state index contributed by atoms with van der Waals surface area (Å²) in [5.41, 5.74) is -1.54. The maximum absolute atomic E-state index is 11.0. The van der Waals surface area contributed by atoms with Gasteiger partial charge in [-0.25, -0.2) is 0 Å². The highest BCUT2D eigenvalue weighted by Gasteiger charge is 2.73. The third-order valence-electron chi connectivity index (χ3n) is 6.19. The lowest BCUT2D eigenvalue weighted by molar-refractivity contribution is -0.338. The van der Waals surface area contributed by atoms with Crippen molar-refractivity contribution in [3.8, 4) is 0 Å². The largest absolute Gasteiger partial charge is 0.375 e. The number of hydrogen-bond donors (Lipinski definition) is 2. The maximum Gasteiger partial charge on any atom is 0.191 e. The Kier molecular flexibility index (Phi) is 3.87. The lowest BCUT2D eigenvalue weighted by atomic mass is 9.82. The summed E-state index contributed by atoms with van der Waals surface area (Å²) in [6.07, 6.45) is 4.46. The summed E-state index contributed by atoms with van der Waals surface area (Å²) in [7, 11) is 1.65. The standard InChI is InChI=1S/C16H30N2O4/c1-11(2)15(19)10-16(14(3,4)21-5)17(20)12-8-6-7-9-13(12)18(16)22-15/h11-13,19-20H,6-10H2,1-5H3/t12-,13+,15+,16-/m1/s1. The first-order valence-electron chi connectivity index (χ1n) is 8.44. The molecule has 0 aromatic rings. The first-order valence-corrected chi connectivity index (χ1v) is 8.44. The van der Waals surface area contributed by atoms with E-state index in [1.807, 2.05) is 32.8 Å². The molecule has 128 valence electrons. The normalized spacial score (nSPS) is 43.6. The van der Waals surface area contributed by atoms with E-state index in [-0.39, 0.29) is 18.0 Å². The molecule has 3 rings (SSSR count). The molecule has 6 heteroatoms. The van der Waals surface area contributed by atoms with E-state index in [0.717, 1.165) is 25.7 Å². The molecule has 2 aliphatic heterocycles. The molecule has 4 atom stereocenters. The maximum atomic E-state index is 11.0. The molecule has 2 heterocycles. The van der Waals surface area contributed by atoms with Crippen LogP contribution in [0.15, 0.2) is 0 Å². The van der Waals surface area contributed by atoms with Gasteiger partial charge < -0.3 is 15.1 Å². The first-order chi connectivity index (χ1) is 10.2. The highest BCUT2D eigenvalue weighted by molar-refractivity contribution is 5.14. The van der Waals surface area contributed by atoms with Gasteiger partial charge in [0.1, 0.15) is 0 Å². The van der Waals surface area contributed by atoms with E-state index in [9.17, 15) is 10.3 Å². The highest BCUT2D eigenvalue weighted by Crippen LogP contribution is 2.56. The number of methoxy groups -OCH3 is 1. The lowest BCUT2D eigenvalue weighted by Crippen LogP contribution is -2.64. The molecule has 1 saturated carbocycles. The molecule has 0 amide bonds. The Morgan fingerprint density at radius 3 is 2.36 bits per heavy atom. The van der Waals surface area contributed by atoms with E-state index in [4.69, 9.17) is 9.57 Å². The van der Waals surface area contributed by atoms with Gasteiger partial charge in [-0.05, 0) is 26.7 Å². The van der Waals surface area contributed by atoms with E-state index < -0.39 is 17.1 Å². The topological polar surface area (TPSA) is 65.4 Å². The van der Waals surface area contributed by atoms with Crippen LogP contribution in [0.1, 0.15) is 59.8 Å². The molecule has 0 unspecified atom stereocenters. The van der Waals surface area contributed by atoms with Crippen molar-refractivity contribution >= 4 is 0 Å². The molecule has 3 aliphatic rings. The molecule has 0 aromatic heterocycles. The monoisotopic (exact) mass is 314 g/mol. The number of hydrogen-bond acceptors (Lipinski definition) is 6. The van der Waals surface area contributed by atoms with E-state index in [0.29, 0.717) is 6.42 Å². The van der Waals surface area contributed by atoms with Crippen LogP contribution in [0.5, 0.6) is 0 Å². The van der Waals surface area contributed by atoms with Crippen LogP contribution in [0.2, 0.25) is 0 Å². The van der Waals surface area contributed by atoms with Crippen LogP contribution < -0.4 is 0 Å². The summed E-state index contributed by atoms with van der Waals surface area (Å²) in [5.74, 6) is -1.35. The summed E-state index contributed by atoms with van der Waals surface area (Å²) in [5, 5.41) is 25.3. The molecule has 6 nitrogen and oxygen atoms in total. The average molecular weight is 314 g/mol. The number of hydroxylamine groups is 4. The number of aliphatic hydroxyl groups is 1. The van der Waals surface area contributed by atoms with Gasteiger partial charge >= 0.3 is 0 Å². The summed E-state index contributed by atoms with van der Waals surface area (Å²) < 4.78 is 5.74. The zero-order valence-electron chi connectivity index (χ0n) is 14.4. The highest BCUT2D eigenvalue weighted by atomic mass is 16.8. The number of rotatable bonds is 3. The molecule has 3 fully saturated rings. The first kappa shape index (κ1) is 16.6. The fraction of sp³-hybridized carbons (Fsp3) is 1.00. The third kappa shape index (κ3) is 1.95. The van der Waals surface area contributed by atoms with Gasteiger partial charge in [0.15, 0.2) is 11.4 Å². The van der Waals surface area contributed by atoms with Gasteiger partial charge in [-0.15, -0.1) is 0 Å². The van der Waals surface area contributed by atoms with Crippen molar-refractivity contribution in [1.29, 1.82) is 0 Å². The Morgan fingerprint density at radius 1 is 1.23 bits per heavy atom. The fourth-order valence-corrected chi connectivity index (χ4v) is 4.39. The Balaban J connectivity index is 2.07. The molecule has 22 heavy (non-hydrogen) atoms. The molecule has 0 radical (unpaired) electrons. The van der Waals surface area contributed by atoms with Gasteiger partial charge in [-0.1, -0.05) is 26.7 Å². The van der Waals surface area contributed by atoms with E-state index in [2.05, 4.69) is 0 Å². The fourth-order valence-electron chi connectivity index (χ4n) is 4.39. The van der Waals surface area contributed by atoms with Gasteiger partial charge in [0.25, 0.3) is 0 Å². The number of fused-ring (bicyclic) bond motifs is 3. The lowest BCUT2D eigenvalue weighted by Gasteiger charge is -2.46. The molecular formula is C16H30N2O4. The Morgan fingerprint density at radius 2 is 1.82 bits per heavy atom.